The number of carboxylic acid groups (broad SMARTS) is 1. The standard InChI is InChI=1S/C13H19N3O2/c1-9-4-5-11(13(17)18)12(14-9)16-7-6-15(3)10(2)8-16/h4-5,10H,6-8H2,1-3H3,(H,17,18). The van der Waals surface area contributed by atoms with Crippen LogP contribution in [0, 0.1) is 6.92 Å². The Bertz CT molecular complexity index is 462. The highest BCUT2D eigenvalue weighted by atomic mass is 16.4. The molecule has 1 aliphatic heterocycles. The van der Waals surface area contributed by atoms with Gasteiger partial charge in [0.1, 0.15) is 11.4 Å². The summed E-state index contributed by atoms with van der Waals surface area (Å²) in [6, 6.07) is 3.79. The lowest BCUT2D eigenvalue weighted by molar-refractivity contribution is 0.0697. The zero-order valence-electron chi connectivity index (χ0n) is 11.1. The van der Waals surface area contributed by atoms with E-state index >= 15 is 0 Å². The highest BCUT2D eigenvalue weighted by Crippen LogP contribution is 2.21. The smallest absolute Gasteiger partial charge is 0.339 e. The largest absolute Gasteiger partial charge is 0.478 e. The van der Waals surface area contributed by atoms with Gasteiger partial charge in [0.25, 0.3) is 0 Å². The molecule has 0 saturated carbocycles. The van der Waals surface area contributed by atoms with E-state index in [1.54, 1.807) is 12.1 Å². The fraction of sp³-hybridized carbons (Fsp3) is 0.538. The van der Waals surface area contributed by atoms with Gasteiger partial charge in [-0.2, -0.15) is 0 Å². The van der Waals surface area contributed by atoms with E-state index in [1.165, 1.54) is 0 Å². The lowest BCUT2D eigenvalue weighted by Crippen LogP contribution is -2.50. The van der Waals surface area contributed by atoms with E-state index in [9.17, 15) is 9.90 Å². The van der Waals surface area contributed by atoms with Crippen molar-refractivity contribution < 1.29 is 9.90 Å². The summed E-state index contributed by atoms with van der Waals surface area (Å²) in [5.74, 6) is -0.313. The second-order valence-electron chi connectivity index (χ2n) is 4.90. The van der Waals surface area contributed by atoms with Gasteiger partial charge in [-0.3, -0.25) is 0 Å². The second kappa shape index (κ2) is 4.94. The summed E-state index contributed by atoms with van der Waals surface area (Å²) in [6.45, 7) is 6.58. The number of carboxylic acids is 1. The molecule has 1 aromatic rings. The minimum Gasteiger partial charge on any atom is -0.478 e. The number of pyridine rings is 1. The maximum atomic E-state index is 11.2. The van der Waals surface area contributed by atoms with Gasteiger partial charge in [-0.05, 0) is 33.0 Å². The van der Waals surface area contributed by atoms with Gasteiger partial charge in [-0.15, -0.1) is 0 Å². The molecule has 18 heavy (non-hydrogen) atoms. The van der Waals surface area contributed by atoms with Gasteiger partial charge in [0, 0.05) is 31.4 Å². The summed E-state index contributed by atoms with van der Waals surface area (Å²) in [6.07, 6.45) is 0. The Morgan fingerprint density at radius 2 is 2.17 bits per heavy atom. The number of nitrogens with zero attached hydrogens (tertiary/aromatic N) is 3. The van der Waals surface area contributed by atoms with Gasteiger partial charge in [0.15, 0.2) is 0 Å². The lowest BCUT2D eigenvalue weighted by atomic mass is 10.1. The molecule has 2 rings (SSSR count). The van der Waals surface area contributed by atoms with Crippen molar-refractivity contribution in [3.8, 4) is 0 Å². The first-order chi connectivity index (χ1) is 8.49. The molecule has 1 atom stereocenters. The predicted octanol–water partition coefficient (Wildman–Crippen LogP) is 1.23. The maximum absolute atomic E-state index is 11.2. The Labute approximate surface area is 107 Å². The molecular weight excluding hydrogens is 230 g/mol. The fourth-order valence-electron chi connectivity index (χ4n) is 2.19. The van der Waals surface area contributed by atoms with Crippen LogP contribution in [-0.2, 0) is 0 Å². The molecule has 0 bridgehead atoms. The molecule has 0 aromatic carbocycles. The van der Waals surface area contributed by atoms with Gasteiger partial charge in [-0.1, -0.05) is 0 Å². The van der Waals surface area contributed by atoms with Gasteiger partial charge in [-0.25, -0.2) is 9.78 Å². The molecule has 1 fully saturated rings. The van der Waals surface area contributed by atoms with E-state index in [0.717, 1.165) is 25.3 Å². The number of anilines is 1. The number of carbonyl (C=O) groups is 1. The molecule has 0 spiro atoms. The fourth-order valence-corrected chi connectivity index (χ4v) is 2.19. The number of likely N-dealkylation sites (N-methyl/N-ethyl adjacent to an activating group) is 1. The van der Waals surface area contributed by atoms with Crippen LogP contribution in [0.4, 0.5) is 5.82 Å². The van der Waals surface area contributed by atoms with Crippen molar-refractivity contribution in [3.05, 3.63) is 23.4 Å². The molecule has 1 unspecified atom stereocenters. The van der Waals surface area contributed by atoms with Gasteiger partial charge in [0.2, 0.25) is 0 Å². The highest BCUT2D eigenvalue weighted by molar-refractivity contribution is 5.93. The lowest BCUT2D eigenvalue weighted by Gasteiger charge is -2.38. The summed E-state index contributed by atoms with van der Waals surface area (Å²) in [5.41, 5.74) is 1.14. The number of aromatic carboxylic acids is 1. The Morgan fingerprint density at radius 3 is 2.78 bits per heavy atom. The topological polar surface area (TPSA) is 56.7 Å². The molecule has 1 saturated heterocycles. The molecule has 1 aromatic heterocycles. The quantitative estimate of drug-likeness (QED) is 0.854. The monoisotopic (exact) mass is 249 g/mol. The van der Waals surface area contributed by atoms with Crippen LogP contribution in [0.25, 0.3) is 0 Å². The third-order valence-electron chi connectivity index (χ3n) is 3.50. The maximum Gasteiger partial charge on any atom is 0.339 e. The molecule has 2 heterocycles. The number of aromatic nitrogens is 1. The Morgan fingerprint density at radius 1 is 1.44 bits per heavy atom. The van der Waals surface area contributed by atoms with Crippen LogP contribution in [0.5, 0.6) is 0 Å². The number of aryl methyl sites for hydroxylation is 1. The molecule has 1 N–H and O–H groups in total. The number of rotatable bonds is 2. The van der Waals surface area contributed by atoms with Crippen LogP contribution in [0.3, 0.4) is 0 Å². The molecule has 0 radical (unpaired) electrons. The molecule has 5 heteroatoms. The van der Waals surface area contributed by atoms with E-state index < -0.39 is 5.97 Å². The van der Waals surface area contributed by atoms with Crippen molar-refractivity contribution in [1.29, 1.82) is 0 Å². The van der Waals surface area contributed by atoms with Crippen LogP contribution in [-0.4, -0.2) is 53.7 Å². The Kier molecular flexibility index (Phi) is 3.52. The summed E-state index contributed by atoms with van der Waals surface area (Å²) in [7, 11) is 2.09. The molecular formula is C13H19N3O2. The van der Waals surface area contributed by atoms with Gasteiger partial charge < -0.3 is 14.9 Å². The van der Waals surface area contributed by atoms with Gasteiger partial charge >= 0.3 is 5.97 Å². The summed E-state index contributed by atoms with van der Waals surface area (Å²) in [4.78, 5) is 20.0. The van der Waals surface area contributed by atoms with Crippen LogP contribution in [0.2, 0.25) is 0 Å². The summed E-state index contributed by atoms with van der Waals surface area (Å²) < 4.78 is 0. The van der Waals surface area contributed by atoms with Crippen molar-refractivity contribution >= 4 is 11.8 Å². The third-order valence-corrected chi connectivity index (χ3v) is 3.50. The van der Waals surface area contributed by atoms with E-state index in [0.29, 0.717) is 11.9 Å². The molecule has 0 aliphatic carbocycles. The van der Waals surface area contributed by atoms with Crippen molar-refractivity contribution in [2.45, 2.75) is 19.9 Å². The zero-order chi connectivity index (χ0) is 13.3. The first-order valence-electron chi connectivity index (χ1n) is 6.15. The van der Waals surface area contributed by atoms with Crippen molar-refractivity contribution in [3.63, 3.8) is 0 Å². The van der Waals surface area contributed by atoms with Crippen LogP contribution < -0.4 is 4.90 Å². The van der Waals surface area contributed by atoms with E-state index in [-0.39, 0.29) is 5.56 Å². The normalized spacial score (nSPS) is 21.1. The summed E-state index contributed by atoms with van der Waals surface area (Å²) in [5, 5.41) is 9.23. The minimum atomic E-state index is -0.913. The highest BCUT2D eigenvalue weighted by Gasteiger charge is 2.25. The van der Waals surface area contributed by atoms with Crippen molar-refractivity contribution in [2.75, 3.05) is 31.6 Å². The first-order valence-corrected chi connectivity index (χ1v) is 6.15. The van der Waals surface area contributed by atoms with Crippen molar-refractivity contribution in [2.24, 2.45) is 0 Å². The zero-order valence-corrected chi connectivity index (χ0v) is 11.1. The SMILES string of the molecule is Cc1ccc(C(=O)O)c(N2CCN(C)C(C)C2)n1. The van der Waals surface area contributed by atoms with E-state index in [4.69, 9.17) is 0 Å². The number of hydrogen-bond acceptors (Lipinski definition) is 4. The second-order valence-corrected chi connectivity index (χ2v) is 4.90. The van der Waals surface area contributed by atoms with E-state index in [1.807, 2.05) is 6.92 Å². The number of hydrogen-bond donors (Lipinski definition) is 1. The molecule has 0 amide bonds. The average Bonchev–Trinajstić information content (AvgIpc) is 2.32. The summed E-state index contributed by atoms with van der Waals surface area (Å²) >= 11 is 0. The minimum absolute atomic E-state index is 0.289. The average molecular weight is 249 g/mol. The molecule has 98 valence electrons. The Balaban J connectivity index is 2.32. The first kappa shape index (κ1) is 12.8. The van der Waals surface area contributed by atoms with Gasteiger partial charge in [0.05, 0.1) is 0 Å². The predicted molar refractivity (Wildman–Crippen MR) is 70.2 cm³/mol. The van der Waals surface area contributed by atoms with E-state index in [2.05, 4.69) is 28.8 Å². The van der Waals surface area contributed by atoms with Crippen molar-refractivity contribution in [1.82, 2.24) is 9.88 Å². The third kappa shape index (κ3) is 2.46. The molecule has 1 aliphatic rings. The Hall–Kier alpha value is -1.62. The number of piperazine rings is 1. The van der Waals surface area contributed by atoms with Crippen LogP contribution in [0.1, 0.15) is 23.0 Å². The van der Waals surface area contributed by atoms with Crippen LogP contribution >= 0.6 is 0 Å². The van der Waals surface area contributed by atoms with Crippen LogP contribution in [0.15, 0.2) is 12.1 Å². The molecule has 5 nitrogen and oxygen atoms in total.